The lowest BCUT2D eigenvalue weighted by molar-refractivity contribution is -0.384. The highest BCUT2D eigenvalue weighted by atomic mass is 32.2. The van der Waals surface area contributed by atoms with Crippen molar-refractivity contribution in [2.75, 3.05) is 18.2 Å². The molecule has 1 heterocycles. The van der Waals surface area contributed by atoms with Gasteiger partial charge in [0.05, 0.1) is 23.9 Å². The molecule has 0 unspecified atom stereocenters. The Morgan fingerprint density at radius 1 is 1.19 bits per heavy atom. The van der Waals surface area contributed by atoms with Gasteiger partial charge in [-0.05, 0) is 23.6 Å². The van der Waals surface area contributed by atoms with Gasteiger partial charge < -0.3 is 14.8 Å². The number of methoxy groups -OCH3 is 1. The Balaban J connectivity index is 1.43. The number of anilines is 1. The van der Waals surface area contributed by atoms with Gasteiger partial charge in [-0.15, -0.1) is 16.8 Å². The molecule has 0 aliphatic carbocycles. The van der Waals surface area contributed by atoms with E-state index in [0.29, 0.717) is 23.3 Å². The lowest BCUT2D eigenvalue weighted by Gasteiger charge is -2.11. The molecule has 0 saturated heterocycles. The first-order valence-electron chi connectivity index (χ1n) is 10.9. The van der Waals surface area contributed by atoms with E-state index in [1.807, 2.05) is 47.0 Å². The van der Waals surface area contributed by atoms with Gasteiger partial charge in [0.1, 0.15) is 23.8 Å². The van der Waals surface area contributed by atoms with Crippen molar-refractivity contribution in [1.29, 1.82) is 0 Å². The van der Waals surface area contributed by atoms with Gasteiger partial charge in [-0.1, -0.05) is 54.2 Å². The molecule has 0 saturated carbocycles. The Morgan fingerprint density at radius 2 is 2.00 bits per heavy atom. The molecule has 4 aromatic rings. The van der Waals surface area contributed by atoms with Crippen LogP contribution in [0.5, 0.6) is 11.5 Å². The third-order valence-electron chi connectivity index (χ3n) is 5.22. The second kappa shape index (κ2) is 11.4. The monoisotopic (exact) mass is 505 g/mol. The lowest BCUT2D eigenvalue weighted by atomic mass is 10.1. The maximum Gasteiger partial charge on any atom is 0.296 e. The molecule has 0 bridgehead atoms. The van der Waals surface area contributed by atoms with E-state index in [1.54, 1.807) is 12.1 Å². The highest BCUT2D eigenvalue weighted by molar-refractivity contribution is 7.99. The van der Waals surface area contributed by atoms with Crippen molar-refractivity contribution in [2.24, 2.45) is 0 Å². The maximum atomic E-state index is 12.5. The number of aromatic nitrogens is 3. The molecule has 0 radical (unpaired) electrons. The molecule has 184 valence electrons. The molecule has 0 atom stereocenters. The van der Waals surface area contributed by atoms with Gasteiger partial charge in [0.15, 0.2) is 11.0 Å². The first-order valence-corrected chi connectivity index (χ1v) is 11.9. The number of nitrogens with one attached hydrogen (secondary N) is 1. The van der Waals surface area contributed by atoms with E-state index in [4.69, 9.17) is 9.47 Å². The van der Waals surface area contributed by atoms with Crippen LogP contribution in [-0.2, 0) is 17.9 Å². The Kier molecular flexibility index (Phi) is 7.81. The fourth-order valence-electron chi connectivity index (χ4n) is 3.52. The molecular weight excluding hydrogens is 482 g/mol. The number of nitrogens with zero attached hydrogens (tertiary/aromatic N) is 4. The fourth-order valence-corrected chi connectivity index (χ4v) is 4.29. The second-order valence-electron chi connectivity index (χ2n) is 7.54. The van der Waals surface area contributed by atoms with Crippen molar-refractivity contribution >= 4 is 39.8 Å². The van der Waals surface area contributed by atoms with Crippen LogP contribution in [0.15, 0.2) is 78.5 Å². The largest absolute Gasteiger partial charge is 0.496 e. The number of fused-ring (bicyclic) bond motifs is 1. The van der Waals surface area contributed by atoms with Crippen LogP contribution in [0.3, 0.4) is 0 Å². The number of hydrogen-bond acceptors (Lipinski definition) is 8. The van der Waals surface area contributed by atoms with Crippen molar-refractivity contribution in [3.05, 3.63) is 89.3 Å². The average Bonchev–Trinajstić information content (AvgIpc) is 3.27. The Hall–Kier alpha value is -4.38. The number of amides is 1. The summed E-state index contributed by atoms with van der Waals surface area (Å²) >= 11 is 1.16. The van der Waals surface area contributed by atoms with Crippen molar-refractivity contribution in [2.45, 2.75) is 18.3 Å². The molecule has 36 heavy (non-hydrogen) atoms. The Morgan fingerprint density at radius 3 is 2.78 bits per heavy atom. The van der Waals surface area contributed by atoms with Gasteiger partial charge >= 0.3 is 0 Å². The number of rotatable bonds is 11. The number of thioether (sulfide) groups is 1. The predicted octanol–water partition coefficient (Wildman–Crippen LogP) is 4.84. The molecule has 1 amide bonds. The zero-order chi connectivity index (χ0) is 25.5. The quantitative estimate of drug-likeness (QED) is 0.133. The van der Waals surface area contributed by atoms with E-state index < -0.39 is 10.8 Å². The Labute approximate surface area is 211 Å². The molecule has 1 N–H and O–H groups in total. The van der Waals surface area contributed by atoms with Crippen LogP contribution < -0.4 is 14.8 Å². The summed E-state index contributed by atoms with van der Waals surface area (Å²) in [6, 6.07) is 18.0. The molecule has 0 spiro atoms. The third kappa shape index (κ3) is 5.63. The van der Waals surface area contributed by atoms with E-state index >= 15 is 0 Å². The van der Waals surface area contributed by atoms with Crippen LogP contribution in [-0.4, -0.2) is 38.5 Å². The van der Waals surface area contributed by atoms with E-state index in [9.17, 15) is 14.9 Å². The van der Waals surface area contributed by atoms with Crippen LogP contribution >= 0.6 is 11.8 Å². The van der Waals surface area contributed by atoms with E-state index in [1.165, 1.54) is 19.2 Å². The SMILES string of the molecule is C=CCn1c(COc2cccc3ccccc23)nnc1SCC(=O)Nc1ccc(OC)cc1[N+](=O)[O-]. The van der Waals surface area contributed by atoms with E-state index in [2.05, 4.69) is 22.1 Å². The molecule has 3 aromatic carbocycles. The number of nitro benzene ring substituents is 1. The van der Waals surface area contributed by atoms with Gasteiger partial charge in [0.25, 0.3) is 5.69 Å². The number of ether oxygens (including phenoxy) is 2. The number of nitro groups is 1. The minimum absolute atomic E-state index is 0.0252. The van der Waals surface area contributed by atoms with Gasteiger partial charge in [-0.25, -0.2) is 0 Å². The molecule has 0 aliphatic heterocycles. The maximum absolute atomic E-state index is 12.5. The summed E-state index contributed by atoms with van der Waals surface area (Å²) in [6.07, 6.45) is 1.70. The second-order valence-corrected chi connectivity index (χ2v) is 8.48. The molecule has 10 nitrogen and oxygen atoms in total. The van der Waals surface area contributed by atoms with E-state index in [0.717, 1.165) is 28.3 Å². The first-order chi connectivity index (χ1) is 17.5. The van der Waals surface area contributed by atoms with Gasteiger partial charge in [0.2, 0.25) is 5.91 Å². The normalized spacial score (nSPS) is 10.7. The minimum Gasteiger partial charge on any atom is -0.496 e. The number of carbonyl (C=O) groups is 1. The van der Waals surface area contributed by atoms with Crippen LogP contribution in [0.1, 0.15) is 5.82 Å². The number of hydrogen-bond donors (Lipinski definition) is 1. The molecular formula is C25H23N5O5S. The van der Waals surface area contributed by atoms with Crippen LogP contribution in [0.25, 0.3) is 10.8 Å². The zero-order valence-corrected chi connectivity index (χ0v) is 20.2. The van der Waals surface area contributed by atoms with Crippen LogP contribution in [0.2, 0.25) is 0 Å². The first kappa shape index (κ1) is 24.7. The summed E-state index contributed by atoms with van der Waals surface area (Å²) in [5.74, 6) is 1.19. The topological polar surface area (TPSA) is 121 Å². The highest BCUT2D eigenvalue weighted by Gasteiger charge is 2.19. The van der Waals surface area contributed by atoms with Crippen LogP contribution in [0, 0.1) is 10.1 Å². The van der Waals surface area contributed by atoms with Gasteiger partial charge in [-0.3, -0.25) is 19.5 Å². The molecule has 0 aliphatic rings. The van der Waals surface area contributed by atoms with Gasteiger partial charge in [0, 0.05) is 11.9 Å². The average molecular weight is 506 g/mol. The summed E-state index contributed by atoms with van der Waals surface area (Å²) in [5.41, 5.74) is -0.168. The summed E-state index contributed by atoms with van der Waals surface area (Å²) in [5, 5.41) is 24.9. The third-order valence-corrected chi connectivity index (χ3v) is 6.19. The standard InChI is InChI=1S/C25H23N5O5S/c1-3-13-29-23(15-35-22-10-6-8-17-7-4-5-9-19(17)22)27-28-25(29)36-16-24(31)26-20-12-11-18(34-2)14-21(20)30(32)33/h3-12,14H,1,13,15-16H2,2H3,(H,26,31). The summed E-state index contributed by atoms with van der Waals surface area (Å²) < 4.78 is 12.9. The van der Waals surface area contributed by atoms with Crippen molar-refractivity contribution in [1.82, 2.24) is 14.8 Å². The predicted molar refractivity (Wildman–Crippen MR) is 138 cm³/mol. The van der Waals surface area contributed by atoms with E-state index in [-0.39, 0.29) is 23.7 Å². The summed E-state index contributed by atoms with van der Waals surface area (Å²) in [7, 11) is 1.41. The highest BCUT2D eigenvalue weighted by Crippen LogP contribution is 2.30. The Bertz CT molecular complexity index is 1420. The molecule has 4 rings (SSSR count). The minimum atomic E-state index is -0.575. The zero-order valence-electron chi connectivity index (χ0n) is 19.4. The molecule has 0 fully saturated rings. The lowest BCUT2D eigenvalue weighted by Crippen LogP contribution is -2.16. The van der Waals surface area contributed by atoms with Crippen molar-refractivity contribution in [3.8, 4) is 11.5 Å². The molecule has 1 aromatic heterocycles. The van der Waals surface area contributed by atoms with Crippen molar-refractivity contribution in [3.63, 3.8) is 0 Å². The smallest absolute Gasteiger partial charge is 0.296 e. The number of carbonyl (C=O) groups excluding carboxylic acids is 1. The van der Waals surface area contributed by atoms with Gasteiger partial charge in [-0.2, -0.15) is 0 Å². The molecule has 11 heteroatoms. The van der Waals surface area contributed by atoms with Crippen molar-refractivity contribution < 1.29 is 19.2 Å². The summed E-state index contributed by atoms with van der Waals surface area (Å²) in [4.78, 5) is 23.3. The number of benzene rings is 3. The fraction of sp³-hybridized carbons (Fsp3) is 0.160. The number of allylic oxidation sites excluding steroid dienone is 1. The summed E-state index contributed by atoms with van der Waals surface area (Å²) in [6.45, 7) is 4.39. The van der Waals surface area contributed by atoms with Crippen LogP contribution in [0.4, 0.5) is 11.4 Å².